The SMILES string of the molecule is CC1(C)C(CNCc2ccc(I)cc2)C1(C)C. The second kappa shape index (κ2) is 4.54. The monoisotopic (exact) mass is 343 g/mol. The average Bonchev–Trinajstić information content (AvgIpc) is 2.63. The summed E-state index contributed by atoms with van der Waals surface area (Å²) in [5.74, 6) is 0.804. The molecule has 0 spiro atoms. The van der Waals surface area contributed by atoms with Crippen molar-refractivity contribution in [2.24, 2.45) is 16.7 Å². The van der Waals surface area contributed by atoms with Gasteiger partial charge in [-0.25, -0.2) is 0 Å². The molecule has 1 fully saturated rings. The normalized spacial score (nSPS) is 21.5. The van der Waals surface area contributed by atoms with Gasteiger partial charge in [0.25, 0.3) is 0 Å². The van der Waals surface area contributed by atoms with E-state index in [1.807, 2.05) is 0 Å². The molecule has 0 aromatic heterocycles. The molecule has 1 nitrogen and oxygen atoms in total. The quantitative estimate of drug-likeness (QED) is 0.813. The zero-order valence-electron chi connectivity index (χ0n) is 11.2. The van der Waals surface area contributed by atoms with Gasteiger partial charge in [-0.15, -0.1) is 0 Å². The predicted molar refractivity (Wildman–Crippen MR) is 81.9 cm³/mol. The molecular formula is C15H22IN. The lowest BCUT2D eigenvalue weighted by Crippen LogP contribution is -2.18. The molecule has 1 aromatic rings. The molecule has 2 heteroatoms. The molecule has 2 rings (SSSR count). The van der Waals surface area contributed by atoms with Gasteiger partial charge in [0.2, 0.25) is 0 Å². The van der Waals surface area contributed by atoms with E-state index in [2.05, 4.69) is 79.9 Å². The van der Waals surface area contributed by atoms with Crippen molar-refractivity contribution in [2.75, 3.05) is 6.54 Å². The Bertz CT molecular complexity index is 378. The zero-order chi connectivity index (χ0) is 12.7. The van der Waals surface area contributed by atoms with Crippen LogP contribution in [0.2, 0.25) is 0 Å². The minimum Gasteiger partial charge on any atom is -0.312 e. The molecular weight excluding hydrogens is 321 g/mol. The van der Waals surface area contributed by atoms with Gasteiger partial charge in [0.05, 0.1) is 0 Å². The number of halogens is 1. The molecule has 1 N–H and O–H groups in total. The van der Waals surface area contributed by atoms with Crippen LogP contribution in [-0.4, -0.2) is 6.54 Å². The molecule has 0 unspecified atom stereocenters. The number of benzene rings is 1. The van der Waals surface area contributed by atoms with Gasteiger partial charge in [0.15, 0.2) is 0 Å². The Hall–Kier alpha value is -0.0900. The Morgan fingerprint density at radius 3 is 2.06 bits per heavy atom. The molecule has 0 aliphatic heterocycles. The summed E-state index contributed by atoms with van der Waals surface area (Å²) in [4.78, 5) is 0. The Morgan fingerprint density at radius 1 is 1.06 bits per heavy atom. The minimum atomic E-state index is 0.492. The maximum atomic E-state index is 3.59. The minimum absolute atomic E-state index is 0.492. The first-order valence-corrected chi connectivity index (χ1v) is 7.39. The van der Waals surface area contributed by atoms with E-state index in [-0.39, 0.29) is 0 Å². The molecule has 17 heavy (non-hydrogen) atoms. The third kappa shape index (κ3) is 2.53. The maximum Gasteiger partial charge on any atom is 0.0205 e. The van der Waals surface area contributed by atoms with Crippen LogP contribution in [0.3, 0.4) is 0 Å². The largest absolute Gasteiger partial charge is 0.312 e. The molecule has 0 amide bonds. The number of hydrogen-bond donors (Lipinski definition) is 1. The lowest BCUT2D eigenvalue weighted by Gasteiger charge is -2.06. The van der Waals surface area contributed by atoms with Crippen LogP contribution in [0, 0.1) is 20.3 Å². The van der Waals surface area contributed by atoms with Gasteiger partial charge in [-0.2, -0.15) is 0 Å². The number of rotatable bonds is 4. The van der Waals surface area contributed by atoms with Crippen LogP contribution in [0.4, 0.5) is 0 Å². The van der Waals surface area contributed by atoms with Crippen LogP contribution in [0.15, 0.2) is 24.3 Å². The van der Waals surface area contributed by atoms with Crippen molar-refractivity contribution >= 4 is 22.6 Å². The summed E-state index contributed by atoms with van der Waals surface area (Å²) in [6.45, 7) is 11.6. The van der Waals surface area contributed by atoms with Crippen molar-refractivity contribution in [3.8, 4) is 0 Å². The summed E-state index contributed by atoms with van der Waals surface area (Å²) in [5.41, 5.74) is 2.36. The van der Waals surface area contributed by atoms with Crippen molar-refractivity contribution < 1.29 is 0 Å². The third-order valence-corrected chi connectivity index (χ3v) is 5.63. The van der Waals surface area contributed by atoms with Crippen LogP contribution < -0.4 is 5.32 Å². The first-order valence-electron chi connectivity index (χ1n) is 6.31. The highest BCUT2D eigenvalue weighted by molar-refractivity contribution is 14.1. The fourth-order valence-electron chi connectivity index (χ4n) is 2.81. The van der Waals surface area contributed by atoms with Gasteiger partial charge in [-0.3, -0.25) is 0 Å². The predicted octanol–water partition coefficient (Wildman–Crippen LogP) is 4.06. The van der Waals surface area contributed by atoms with E-state index in [0.29, 0.717) is 10.8 Å². The lowest BCUT2D eigenvalue weighted by molar-refractivity contribution is 0.457. The Kier molecular flexibility index (Phi) is 3.56. The van der Waals surface area contributed by atoms with Crippen molar-refractivity contribution in [1.29, 1.82) is 0 Å². The molecule has 0 radical (unpaired) electrons. The molecule has 94 valence electrons. The highest BCUT2D eigenvalue weighted by atomic mass is 127. The van der Waals surface area contributed by atoms with Gasteiger partial charge >= 0.3 is 0 Å². The zero-order valence-corrected chi connectivity index (χ0v) is 13.3. The van der Waals surface area contributed by atoms with Crippen LogP contribution in [-0.2, 0) is 6.54 Å². The van der Waals surface area contributed by atoms with E-state index in [4.69, 9.17) is 0 Å². The second-order valence-electron chi connectivity index (χ2n) is 6.25. The van der Waals surface area contributed by atoms with E-state index in [1.165, 1.54) is 9.13 Å². The summed E-state index contributed by atoms with van der Waals surface area (Å²) >= 11 is 2.34. The van der Waals surface area contributed by atoms with E-state index < -0.39 is 0 Å². The van der Waals surface area contributed by atoms with Gasteiger partial charge in [-0.1, -0.05) is 39.8 Å². The lowest BCUT2D eigenvalue weighted by atomic mass is 10.0. The smallest absolute Gasteiger partial charge is 0.0205 e. The Balaban J connectivity index is 1.80. The summed E-state index contributed by atoms with van der Waals surface area (Å²) in [5, 5.41) is 3.59. The van der Waals surface area contributed by atoms with Gasteiger partial charge < -0.3 is 5.32 Å². The molecule has 0 bridgehead atoms. The standard InChI is InChI=1S/C15H22IN/c1-14(2)13(15(14,3)4)10-17-9-11-5-7-12(16)8-6-11/h5-8,13,17H,9-10H2,1-4H3. The highest BCUT2D eigenvalue weighted by Crippen LogP contribution is 2.67. The van der Waals surface area contributed by atoms with Crippen LogP contribution in [0.25, 0.3) is 0 Å². The van der Waals surface area contributed by atoms with Crippen molar-refractivity contribution in [3.05, 3.63) is 33.4 Å². The first-order chi connectivity index (χ1) is 7.85. The van der Waals surface area contributed by atoms with Crippen LogP contribution in [0.1, 0.15) is 33.3 Å². The summed E-state index contributed by atoms with van der Waals surface area (Å²) in [6.07, 6.45) is 0. The van der Waals surface area contributed by atoms with Gasteiger partial charge in [0.1, 0.15) is 0 Å². The van der Waals surface area contributed by atoms with E-state index >= 15 is 0 Å². The van der Waals surface area contributed by atoms with Crippen molar-refractivity contribution in [2.45, 2.75) is 34.2 Å². The Labute approximate surface area is 119 Å². The van der Waals surface area contributed by atoms with Crippen LogP contribution >= 0.6 is 22.6 Å². The van der Waals surface area contributed by atoms with Crippen molar-refractivity contribution in [3.63, 3.8) is 0 Å². The average molecular weight is 343 g/mol. The topological polar surface area (TPSA) is 12.0 Å². The molecule has 1 aliphatic carbocycles. The van der Waals surface area contributed by atoms with E-state index in [9.17, 15) is 0 Å². The maximum absolute atomic E-state index is 3.59. The van der Waals surface area contributed by atoms with E-state index in [0.717, 1.165) is 19.0 Å². The highest BCUT2D eigenvalue weighted by Gasteiger charge is 2.63. The third-order valence-electron chi connectivity index (χ3n) is 4.91. The second-order valence-corrected chi connectivity index (χ2v) is 7.50. The summed E-state index contributed by atoms with van der Waals surface area (Å²) < 4.78 is 1.30. The molecule has 0 saturated heterocycles. The fourth-order valence-corrected chi connectivity index (χ4v) is 3.17. The number of nitrogens with one attached hydrogen (secondary N) is 1. The Morgan fingerprint density at radius 2 is 1.59 bits per heavy atom. The van der Waals surface area contributed by atoms with E-state index in [1.54, 1.807) is 0 Å². The molecule has 0 heterocycles. The molecule has 0 atom stereocenters. The van der Waals surface area contributed by atoms with Gasteiger partial charge in [-0.05, 0) is 63.6 Å². The summed E-state index contributed by atoms with van der Waals surface area (Å²) in [6, 6.07) is 8.75. The molecule has 1 saturated carbocycles. The fraction of sp³-hybridized carbons (Fsp3) is 0.600. The van der Waals surface area contributed by atoms with Crippen LogP contribution in [0.5, 0.6) is 0 Å². The first kappa shape index (κ1) is 13.3. The summed E-state index contributed by atoms with van der Waals surface area (Å²) in [7, 11) is 0. The number of hydrogen-bond acceptors (Lipinski definition) is 1. The molecule has 1 aromatic carbocycles. The van der Waals surface area contributed by atoms with Crippen molar-refractivity contribution in [1.82, 2.24) is 5.32 Å². The molecule has 1 aliphatic rings. The van der Waals surface area contributed by atoms with Gasteiger partial charge in [0, 0.05) is 10.1 Å².